The zero-order chi connectivity index (χ0) is 22.8. The van der Waals surface area contributed by atoms with E-state index in [0.29, 0.717) is 6.42 Å². The van der Waals surface area contributed by atoms with Gasteiger partial charge in [0.25, 0.3) is 5.91 Å². The molecule has 1 aliphatic rings. The molecule has 0 saturated carbocycles. The molecule has 1 aliphatic carbocycles. The van der Waals surface area contributed by atoms with Crippen molar-refractivity contribution >= 4 is 5.91 Å². The van der Waals surface area contributed by atoms with E-state index < -0.39 is 17.1 Å². The molecule has 32 heavy (non-hydrogen) atoms. The molecule has 2 N–H and O–H groups in total. The molecule has 1 unspecified atom stereocenters. The summed E-state index contributed by atoms with van der Waals surface area (Å²) in [5, 5.41) is 17.8. The molecule has 166 valence electrons. The Balaban J connectivity index is 1.95. The van der Waals surface area contributed by atoms with Crippen molar-refractivity contribution in [3.63, 3.8) is 0 Å². The number of fused-ring (bicyclic) bond motifs is 2. The van der Waals surface area contributed by atoms with Crippen LogP contribution in [0, 0.1) is 0 Å². The number of carbonyl (C=O) groups excluding carboxylic acids is 1. The van der Waals surface area contributed by atoms with E-state index in [-0.39, 0.29) is 23.7 Å². The SMILES string of the molecule is CCC(C1c2ccccc2CCc2ccccc21)n1ncc(=O)c(O)c1C(=O)NC(C)C. The molecule has 6 heteroatoms. The number of aryl methyl sites for hydroxylation is 2. The Morgan fingerprint density at radius 3 is 2.19 bits per heavy atom. The summed E-state index contributed by atoms with van der Waals surface area (Å²) in [5.74, 6) is -1.14. The van der Waals surface area contributed by atoms with Gasteiger partial charge < -0.3 is 10.4 Å². The van der Waals surface area contributed by atoms with Crippen molar-refractivity contribution in [2.45, 2.75) is 58.0 Å². The van der Waals surface area contributed by atoms with Gasteiger partial charge in [-0.3, -0.25) is 14.3 Å². The number of nitrogens with one attached hydrogen (secondary N) is 1. The van der Waals surface area contributed by atoms with E-state index in [4.69, 9.17) is 0 Å². The van der Waals surface area contributed by atoms with Crippen molar-refractivity contribution in [1.29, 1.82) is 0 Å². The second kappa shape index (κ2) is 8.99. The smallest absolute Gasteiger partial charge is 0.273 e. The fourth-order valence-electron chi connectivity index (χ4n) is 4.78. The van der Waals surface area contributed by atoms with E-state index in [0.717, 1.165) is 19.0 Å². The van der Waals surface area contributed by atoms with Crippen molar-refractivity contribution in [2.75, 3.05) is 0 Å². The van der Waals surface area contributed by atoms with Gasteiger partial charge in [0.2, 0.25) is 5.43 Å². The van der Waals surface area contributed by atoms with E-state index >= 15 is 0 Å². The summed E-state index contributed by atoms with van der Waals surface area (Å²) in [7, 11) is 0. The van der Waals surface area contributed by atoms with E-state index in [1.54, 1.807) is 4.68 Å². The van der Waals surface area contributed by atoms with Crippen LogP contribution in [0.4, 0.5) is 0 Å². The molecule has 1 amide bonds. The fraction of sp³-hybridized carbons (Fsp3) is 0.346. The van der Waals surface area contributed by atoms with Gasteiger partial charge in [-0.1, -0.05) is 55.5 Å². The van der Waals surface area contributed by atoms with Crippen molar-refractivity contribution in [3.05, 3.63) is 92.9 Å². The monoisotopic (exact) mass is 431 g/mol. The van der Waals surface area contributed by atoms with Gasteiger partial charge in [-0.05, 0) is 55.4 Å². The van der Waals surface area contributed by atoms with Crippen molar-refractivity contribution in [1.82, 2.24) is 15.1 Å². The van der Waals surface area contributed by atoms with E-state index in [2.05, 4.69) is 46.8 Å². The molecule has 0 spiro atoms. The standard InChI is InChI=1S/C26H29N3O3/c1-4-21(29-24(26(32)28-16(2)3)25(31)22(30)15-27-29)23-19-11-7-5-9-17(19)13-14-18-10-6-8-12-20(18)23/h5-12,15-16,21,23,31H,4,13-14H2,1-3H3,(H,28,32). The summed E-state index contributed by atoms with van der Waals surface area (Å²) in [6.07, 6.45) is 3.62. The minimum absolute atomic E-state index is 0.0742. The lowest BCUT2D eigenvalue weighted by atomic mass is 9.81. The first-order chi connectivity index (χ1) is 15.4. The van der Waals surface area contributed by atoms with Gasteiger partial charge in [-0.15, -0.1) is 0 Å². The number of carbonyl (C=O) groups is 1. The highest BCUT2D eigenvalue weighted by atomic mass is 16.3. The number of aromatic hydroxyl groups is 1. The lowest BCUT2D eigenvalue weighted by Crippen LogP contribution is -2.36. The second-order valence-electron chi connectivity index (χ2n) is 8.63. The van der Waals surface area contributed by atoms with E-state index in [1.165, 1.54) is 22.3 Å². The first-order valence-electron chi connectivity index (χ1n) is 11.2. The summed E-state index contributed by atoms with van der Waals surface area (Å²) in [5.41, 5.74) is 4.18. The summed E-state index contributed by atoms with van der Waals surface area (Å²) in [4.78, 5) is 25.3. The highest BCUT2D eigenvalue weighted by molar-refractivity contribution is 5.95. The van der Waals surface area contributed by atoms with Crippen molar-refractivity contribution in [2.24, 2.45) is 0 Å². The average Bonchev–Trinajstić information content (AvgIpc) is 2.94. The van der Waals surface area contributed by atoms with Crippen LogP contribution in [0.2, 0.25) is 0 Å². The highest BCUT2D eigenvalue weighted by Gasteiger charge is 2.34. The Kier molecular flexibility index (Phi) is 6.12. The lowest BCUT2D eigenvalue weighted by Gasteiger charge is -2.31. The molecule has 3 aromatic rings. The maximum Gasteiger partial charge on any atom is 0.273 e. The van der Waals surface area contributed by atoms with Crippen molar-refractivity contribution in [3.8, 4) is 5.75 Å². The lowest BCUT2D eigenvalue weighted by molar-refractivity contribution is 0.0922. The van der Waals surface area contributed by atoms with Crippen LogP contribution in [0.15, 0.2) is 59.5 Å². The van der Waals surface area contributed by atoms with Crippen LogP contribution in [0.3, 0.4) is 0 Å². The van der Waals surface area contributed by atoms with Gasteiger partial charge in [-0.25, -0.2) is 0 Å². The van der Waals surface area contributed by atoms with E-state index in [1.807, 2.05) is 32.9 Å². The largest absolute Gasteiger partial charge is 0.502 e. The zero-order valence-electron chi connectivity index (χ0n) is 18.7. The molecule has 0 radical (unpaired) electrons. The normalized spacial score (nSPS) is 14.4. The molecule has 0 bridgehead atoms. The summed E-state index contributed by atoms with van der Waals surface area (Å²) in [6, 6.07) is 16.4. The Labute approximate surface area is 187 Å². The minimum atomic E-state index is -0.660. The van der Waals surface area contributed by atoms with Crippen LogP contribution in [0.25, 0.3) is 0 Å². The maximum atomic E-state index is 13.0. The molecule has 1 atom stereocenters. The number of aromatic nitrogens is 2. The first kappa shape index (κ1) is 21.8. The third-order valence-corrected chi connectivity index (χ3v) is 6.18. The number of hydrogen-bond donors (Lipinski definition) is 2. The molecule has 0 aliphatic heterocycles. The third-order valence-electron chi connectivity index (χ3n) is 6.18. The van der Waals surface area contributed by atoms with Crippen LogP contribution in [0.1, 0.15) is 71.9 Å². The predicted octanol–water partition coefficient (Wildman–Crippen LogP) is 3.97. The topological polar surface area (TPSA) is 84.2 Å². The Morgan fingerprint density at radius 2 is 1.66 bits per heavy atom. The van der Waals surface area contributed by atoms with Gasteiger partial charge in [0.15, 0.2) is 11.4 Å². The predicted molar refractivity (Wildman–Crippen MR) is 124 cm³/mol. The number of hydrogen-bond acceptors (Lipinski definition) is 4. The summed E-state index contributed by atoms with van der Waals surface area (Å²) in [6.45, 7) is 5.72. The molecule has 0 saturated heterocycles. The summed E-state index contributed by atoms with van der Waals surface area (Å²) < 4.78 is 1.55. The molecule has 0 fully saturated rings. The quantitative estimate of drug-likeness (QED) is 0.640. The maximum absolute atomic E-state index is 13.0. The molecule has 2 aromatic carbocycles. The fourth-order valence-corrected chi connectivity index (χ4v) is 4.78. The molecule has 6 nitrogen and oxygen atoms in total. The third kappa shape index (κ3) is 3.93. The molecule has 1 aromatic heterocycles. The Morgan fingerprint density at radius 1 is 1.09 bits per heavy atom. The van der Waals surface area contributed by atoms with E-state index in [9.17, 15) is 14.7 Å². The van der Waals surface area contributed by atoms with Gasteiger partial charge in [0, 0.05) is 12.0 Å². The minimum Gasteiger partial charge on any atom is -0.502 e. The number of nitrogens with zero attached hydrogens (tertiary/aromatic N) is 2. The van der Waals surface area contributed by atoms with Gasteiger partial charge >= 0.3 is 0 Å². The number of amides is 1. The molecular formula is C26H29N3O3. The summed E-state index contributed by atoms with van der Waals surface area (Å²) >= 11 is 0. The number of benzene rings is 2. The van der Waals surface area contributed by atoms with Gasteiger partial charge in [-0.2, -0.15) is 5.10 Å². The molecular weight excluding hydrogens is 402 g/mol. The Bertz CT molecular complexity index is 1150. The van der Waals surface area contributed by atoms with Gasteiger partial charge in [0.05, 0.1) is 12.2 Å². The van der Waals surface area contributed by atoms with Crippen LogP contribution >= 0.6 is 0 Å². The highest BCUT2D eigenvalue weighted by Crippen LogP contribution is 2.43. The van der Waals surface area contributed by atoms with Crippen LogP contribution in [0.5, 0.6) is 5.75 Å². The zero-order valence-corrected chi connectivity index (χ0v) is 18.7. The van der Waals surface area contributed by atoms with Crippen LogP contribution in [-0.4, -0.2) is 26.8 Å². The molecule has 4 rings (SSSR count). The Hall–Kier alpha value is -3.41. The van der Waals surface area contributed by atoms with Crippen LogP contribution in [-0.2, 0) is 12.8 Å². The van der Waals surface area contributed by atoms with Crippen molar-refractivity contribution < 1.29 is 9.90 Å². The van der Waals surface area contributed by atoms with Crippen LogP contribution < -0.4 is 10.7 Å². The average molecular weight is 432 g/mol. The molecule has 1 heterocycles. The number of rotatable bonds is 5. The van der Waals surface area contributed by atoms with Gasteiger partial charge in [0.1, 0.15) is 0 Å². The second-order valence-corrected chi connectivity index (χ2v) is 8.63. The first-order valence-corrected chi connectivity index (χ1v) is 11.2.